The van der Waals surface area contributed by atoms with Crippen LogP contribution in [0.25, 0.3) is 0 Å². The Labute approximate surface area is 120 Å². The lowest BCUT2D eigenvalue weighted by molar-refractivity contribution is -0.136. The Morgan fingerprint density at radius 1 is 1.14 bits per heavy atom. The number of urea groups is 1. The molecule has 0 saturated carbocycles. The lowest BCUT2D eigenvalue weighted by Crippen LogP contribution is -2.35. The van der Waals surface area contributed by atoms with Gasteiger partial charge in [-0.25, -0.2) is 9.78 Å². The number of aromatic nitrogens is 3. The highest BCUT2D eigenvalue weighted by atomic mass is 16.4. The molecule has 0 atom stereocenters. The average Bonchev–Trinajstić information content (AvgIpc) is 2.97. The van der Waals surface area contributed by atoms with Crippen molar-refractivity contribution in [2.24, 2.45) is 0 Å². The number of nitrogens with one attached hydrogen (secondary N) is 3. The summed E-state index contributed by atoms with van der Waals surface area (Å²) in [5.41, 5.74) is 1.45. The monoisotopic (exact) mass is 289 g/mol. The van der Waals surface area contributed by atoms with Gasteiger partial charge in [-0.3, -0.25) is 9.89 Å². The van der Waals surface area contributed by atoms with Crippen molar-refractivity contribution >= 4 is 12.0 Å². The van der Waals surface area contributed by atoms with Crippen LogP contribution in [-0.2, 0) is 24.3 Å². The molecule has 0 radical (unpaired) electrons. The SMILES string of the molecule is O=C(O)Cc1ccccc1CNC(=O)NCc1ncn[nH]1. The Hall–Kier alpha value is -2.90. The predicted octanol–water partition coefficient (Wildman–Crippen LogP) is 0.431. The number of hydrogen-bond acceptors (Lipinski definition) is 4. The minimum absolute atomic E-state index is 0.0719. The summed E-state index contributed by atoms with van der Waals surface area (Å²) in [7, 11) is 0. The molecule has 0 bridgehead atoms. The molecule has 0 fully saturated rings. The van der Waals surface area contributed by atoms with Gasteiger partial charge in [0.2, 0.25) is 0 Å². The number of aliphatic carboxylic acids is 1. The van der Waals surface area contributed by atoms with E-state index in [9.17, 15) is 9.59 Å². The number of carbonyl (C=O) groups excluding carboxylic acids is 1. The molecular weight excluding hydrogens is 274 g/mol. The number of nitrogens with zero attached hydrogens (tertiary/aromatic N) is 2. The Morgan fingerprint density at radius 3 is 2.52 bits per heavy atom. The lowest BCUT2D eigenvalue weighted by Gasteiger charge is -2.10. The first-order valence-corrected chi connectivity index (χ1v) is 6.29. The Bertz CT molecular complexity index is 612. The van der Waals surface area contributed by atoms with Crippen LogP contribution in [0, 0.1) is 0 Å². The third-order valence-electron chi connectivity index (χ3n) is 2.78. The van der Waals surface area contributed by atoms with Gasteiger partial charge in [-0.1, -0.05) is 24.3 Å². The fourth-order valence-corrected chi connectivity index (χ4v) is 1.78. The minimum Gasteiger partial charge on any atom is -0.481 e. The summed E-state index contributed by atoms with van der Waals surface area (Å²) in [5.74, 6) is -0.353. The first-order valence-electron chi connectivity index (χ1n) is 6.29. The summed E-state index contributed by atoms with van der Waals surface area (Å²) < 4.78 is 0. The zero-order valence-electron chi connectivity index (χ0n) is 11.2. The lowest BCUT2D eigenvalue weighted by atomic mass is 10.0. The van der Waals surface area contributed by atoms with Crippen molar-refractivity contribution in [3.63, 3.8) is 0 Å². The maximum atomic E-state index is 11.6. The standard InChI is InChI=1S/C13H15N5O3/c19-12(20)5-9-3-1-2-4-10(9)6-14-13(21)15-7-11-16-8-17-18-11/h1-4,8H,5-7H2,(H,19,20)(H2,14,15,21)(H,16,17,18). The molecule has 0 aliphatic rings. The normalized spacial score (nSPS) is 10.1. The third-order valence-corrected chi connectivity index (χ3v) is 2.78. The van der Waals surface area contributed by atoms with Gasteiger partial charge in [-0.2, -0.15) is 5.10 Å². The second kappa shape index (κ2) is 7.04. The molecule has 0 aliphatic heterocycles. The largest absolute Gasteiger partial charge is 0.481 e. The van der Waals surface area contributed by atoms with Gasteiger partial charge >= 0.3 is 12.0 Å². The van der Waals surface area contributed by atoms with Gasteiger partial charge in [0.1, 0.15) is 12.2 Å². The zero-order valence-corrected chi connectivity index (χ0v) is 11.2. The summed E-state index contributed by atoms with van der Waals surface area (Å²) in [5, 5.41) is 20.4. The van der Waals surface area contributed by atoms with E-state index < -0.39 is 5.97 Å². The molecule has 0 saturated heterocycles. The summed E-state index contributed by atoms with van der Waals surface area (Å²) >= 11 is 0. The molecule has 8 nitrogen and oxygen atoms in total. The van der Waals surface area contributed by atoms with Gasteiger partial charge in [0.25, 0.3) is 0 Å². The molecule has 2 aromatic rings. The van der Waals surface area contributed by atoms with Crippen LogP contribution in [0.2, 0.25) is 0 Å². The number of carboxylic acid groups (broad SMARTS) is 1. The van der Waals surface area contributed by atoms with E-state index >= 15 is 0 Å². The van der Waals surface area contributed by atoms with Crippen LogP contribution >= 0.6 is 0 Å². The van der Waals surface area contributed by atoms with E-state index in [0.717, 1.165) is 5.56 Å². The molecule has 0 spiro atoms. The molecule has 2 rings (SSSR count). The second-order valence-corrected chi connectivity index (χ2v) is 4.31. The van der Waals surface area contributed by atoms with Crippen LogP contribution in [-0.4, -0.2) is 32.3 Å². The summed E-state index contributed by atoms with van der Waals surface area (Å²) in [6.45, 7) is 0.494. The number of benzene rings is 1. The van der Waals surface area contributed by atoms with Crippen molar-refractivity contribution in [3.8, 4) is 0 Å². The quantitative estimate of drug-likeness (QED) is 0.614. The fourth-order valence-electron chi connectivity index (χ4n) is 1.78. The highest BCUT2D eigenvalue weighted by molar-refractivity contribution is 5.74. The van der Waals surface area contributed by atoms with Crippen LogP contribution in [0.4, 0.5) is 4.79 Å². The van der Waals surface area contributed by atoms with Gasteiger partial charge in [-0.15, -0.1) is 0 Å². The zero-order chi connectivity index (χ0) is 15.1. The van der Waals surface area contributed by atoms with Crippen molar-refractivity contribution in [2.75, 3.05) is 0 Å². The van der Waals surface area contributed by atoms with E-state index in [-0.39, 0.29) is 25.5 Å². The smallest absolute Gasteiger partial charge is 0.315 e. The van der Waals surface area contributed by atoms with Gasteiger partial charge < -0.3 is 15.7 Å². The summed E-state index contributed by atoms with van der Waals surface area (Å²) in [6, 6.07) is 6.73. The Balaban J connectivity index is 1.84. The molecule has 0 aliphatic carbocycles. The Kier molecular flexibility index (Phi) is 4.86. The molecule has 1 heterocycles. The predicted molar refractivity (Wildman–Crippen MR) is 73.2 cm³/mol. The summed E-state index contributed by atoms with van der Waals surface area (Å²) in [4.78, 5) is 26.3. The number of amides is 2. The summed E-state index contributed by atoms with van der Waals surface area (Å²) in [6.07, 6.45) is 1.29. The van der Waals surface area contributed by atoms with Gasteiger partial charge in [0.15, 0.2) is 0 Å². The molecule has 0 unspecified atom stereocenters. The van der Waals surface area contributed by atoms with Crippen LogP contribution in [0.1, 0.15) is 17.0 Å². The molecule has 8 heteroatoms. The molecule has 110 valence electrons. The molecule has 2 amide bonds. The minimum atomic E-state index is -0.905. The number of hydrogen-bond donors (Lipinski definition) is 4. The number of carbonyl (C=O) groups is 2. The number of aromatic amines is 1. The fraction of sp³-hybridized carbons (Fsp3) is 0.231. The van der Waals surface area contributed by atoms with Crippen LogP contribution in [0.5, 0.6) is 0 Å². The molecule has 21 heavy (non-hydrogen) atoms. The van der Waals surface area contributed by atoms with Crippen molar-refractivity contribution in [1.82, 2.24) is 25.8 Å². The topological polar surface area (TPSA) is 120 Å². The third kappa shape index (κ3) is 4.60. The van der Waals surface area contributed by atoms with Crippen molar-refractivity contribution in [3.05, 3.63) is 47.5 Å². The molecule has 1 aromatic heterocycles. The highest BCUT2D eigenvalue weighted by Gasteiger charge is 2.07. The van der Waals surface area contributed by atoms with E-state index in [1.807, 2.05) is 0 Å². The van der Waals surface area contributed by atoms with Crippen LogP contribution < -0.4 is 10.6 Å². The van der Waals surface area contributed by atoms with E-state index in [1.165, 1.54) is 6.33 Å². The molecule has 1 aromatic carbocycles. The van der Waals surface area contributed by atoms with Gasteiger partial charge in [0.05, 0.1) is 13.0 Å². The molecular formula is C13H15N5O3. The van der Waals surface area contributed by atoms with Gasteiger partial charge in [0, 0.05) is 6.54 Å². The first kappa shape index (κ1) is 14.5. The highest BCUT2D eigenvalue weighted by Crippen LogP contribution is 2.09. The maximum absolute atomic E-state index is 11.6. The van der Waals surface area contributed by atoms with Crippen molar-refractivity contribution < 1.29 is 14.7 Å². The van der Waals surface area contributed by atoms with Crippen molar-refractivity contribution in [2.45, 2.75) is 19.5 Å². The van der Waals surface area contributed by atoms with Gasteiger partial charge in [-0.05, 0) is 11.1 Å². The average molecular weight is 289 g/mol. The van der Waals surface area contributed by atoms with Crippen LogP contribution in [0.3, 0.4) is 0 Å². The number of rotatable bonds is 6. The number of H-pyrrole nitrogens is 1. The van der Waals surface area contributed by atoms with E-state index in [0.29, 0.717) is 11.4 Å². The van der Waals surface area contributed by atoms with Crippen LogP contribution in [0.15, 0.2) is 30.6 Å². The second-order valence-electron chi connectivity index (χ2n) is 4.31. The van der Waals surface area contributed by atoms with Crippen molar-refractivity contribution in [1.29, 1.82) is 0 Å². The number of carboxylic acids is 1. The van der Waals surface area contributed by atoms with E-state index in [2.05, 4.69) is 25.8 Å². The van der Waals surface area contributed by atoms with E-state index in [4.69, 9.17) is 5.11 Å². The first-order chi connectivity index (χ1) is 10.1. The van der Waals surface area contributed by atoms with E-state index in [1.54, 1.807) is 24.3 Å². The Morgan fingerprint density at radius 2 is 1.86 bits per heavy atom. The maximum Gasteiger partial charge on any atom is 0.315 e. The molecule has 4 N–H and O–H groups in total.